The van der Waals surface area contributed by atoms with E-state index in [1.807, 2.05) is 112 Å². The number of aromatic nitrogens is 13. The number of thioether (sulfide) groups is 2. The van der Waals surface area contributed by atoms with Gasteiger partial charge in [-0.15, -0.1) is 29.4 Å². The lowest BCUT2D eigenvalue weighted by molar-refractivity contribution is 0.0514. The molecule has 0 aliphatic carbocycles. The average molecular weight is 1880 g/mol. The Bertz CT molecular complexity index is 4140. The van der Waals surface area contributed by atoms with Gasteiger partial charge in [0.15, 0.2) is 15.1 Å². The number of aliphatic hydroxyl groups is 2. The number of halogens is 7. The minimum Gasteiger partial charge on any atom is -0.462 e. The van der Waals surface area contributed by atoms with E-state index in [1.165, 1.54) is 69.5 Å². The number of hydrogen-bond acceptors (Lipinski definition) is 21. The highest BCUT2D eigenvalue weighted by Crippen LogP contribution is 2.26. The number of aromatic amines is 4. The lowest BCUT2D eigenvalue weighted by atomic mass is 10.1. The Hall–Kier alpha value is -6.36. The van der Waals surface area contributed by atoms with Crippen LogP contribution >= 0.6 is 145 Å². The van der Waals surface area contributed by atoms with Crippen molar-refractivity contribution < 1.29 is 29.3 Å². The van der Waals surface area contributed by atoms with E-state index in [4.69, 9.17) is 19.7 Å². The summed E-state index contributed by atoms with van der Waals surface area (Å²) in [6, 6.07) is 6.38. The third-order valence-corrected chi connectivity index (χ3v) is 18.0. The lowest BCUT2D eigenvalue weighted by Crippen LogP contribution is -2.09. The number of aliphatic hydroxyl groups excluding tert-OH is 2. The topological polar surface area (TPSA) is 323 Å². The van der Waals surface area contributed by atoms with Crippen LogP contribution in [0.25, 0.3) is 0 Å². The van der Waals surface area contributed by atoms with Crippen molar-refractivity contribution in [2.75, 3.05) is 20.3 Å². The molecule has 0 atom stereocenters. The molecule has 0 saturated heterocycles. The molecule has 0 saturated carbocycles. The van der Waals surface area contributed by atoms with E-state index in [2.05, 4.69) is 171 Å². The maximum atomic E-state index is 11.4. The first-order valence-corrected chi connectivity index (χ1v) is 37.3. The van der Waals surface area contributed by atoms with Crippen molar-refractivity contribution >= 4 is 157 Å². The first-order chi connectivity index (χ1) is 47.9. The van der Waals surface area contributed by atoms with Gasteiger partial charge >= 0.3 is 11.9 Å². The zero-order chi connectivity index (χ0) is 75.9. The average Bonchev–Trinajstić information content (AvgIpc) is 0.863. The van der Waals surface area contributed by atoms with E-state index in [0.29, 0.717) is 48.4 Å². The number of nitrogens with one attached hydrogen (secondary N) is 4. The summed E-state index contributed by atoms with van der Waals surface area (Å²) in [5.41, 5.74) is 18.9. The number of aryl methyl sites for hydroxylation is 13. The molecule has 0 aliphatic heterocycles. The molecule has 22 nitrogen and oxygen atoms in total. The van der Waals surface area contributed by atoms with E-state index in [1.54, 1.807) is 70.3 Å². The molecule has 10 aromatic heterocycles. The number of carbonyl (C=O) groups excluding carboxylic acids is 2. The van der Waals surface area contributed by atoms with Crippen LogP contribution in [-0.2, 0) is 32.9 Å². The molecule has 10 heterocycles. The molecule has 0 aliphatic rings. The summed E-state index contributed by atoms with van der Waals surface area (Å²) in [7, 11) is 1.00. The molecule has 32 heteroatoms. The van der Waals surface area contributed by atoms with Gasteiger partial charge in [0.25, 0.3) is 16.7 Å². The van der Waals surface area contributed by atoms with E-state index >= 15 is 0 Å². The number of hydrogen-bond donors (Lipinski definition) is 6. The summed E-state index contributed by atoms with van der Waals surface area (Å²) in [6.45, 7) is 29.8. The third kappa shape index (κ3) is 36.5. The molecule has 0 aromatic carbocycles. The number of esters is 2. The smallest absolute Gasteiger partial charge is 0.340 e. The van der Waals surface area contributed by atoms with Gasteiger partial charge < -0.3 is 34.6 Å². The Balaban J connectivity index is 0.00000116. The Kier molecular flexibility index (Phi) is 49.3. The number of rotatable bonds is 12. The van der Waals surface area contributed by atoms with Crippen molar-refractivity contribution in [1.82, 2.24) is 64.8 Å². The monoisotopic (exact) mass is 1870 g/mol. The standard InChI is InChI=1S/2C13H15N3OS.C10H13NO2.C8H7Br2NO2.C8H10BrN.C8H11NO.C5H3Br2N.C5H6N2OS.CH4O.BrH.ClH/c2*1-8-5-14-6-9(2)11(8)7-18-13-15-10(3)4-12(17)16-13;1-4-13-10(12)9-7(2)5-11-6-8(9)3;1-2-13-8(12)7-5(9)3-11-4-6(7)10;1-6-4-10-5-7(2)8(6)3-9;1-6-3-9-4-7(2)8(6)5-10;6-4-1-5(7)3-8-2-4;1-3-2-4(8)7-5(9)6-3;1-2;;/h2*4-6H,7H2,1-3H3,(H,15,16,17);5-6H,4H2,1-3H3;3-4H,2H2,1H3;4-5H,3H2,1-2H3;3-4,10H,5H2,1-2H3;1-3H;2H,1H3,(H2,6,7,8,9);2H,1H3;2*1H. The van der Waals surface area contributed by atoms with Gasteiger partial charge in [-0.1, -0.05) is 39.5 Å². The van der Waals surface area contributed by atoms with Crippen LogP contribution in [0, 0.1) is 94.8 Å². The summed E-state index contributed by atoms with van der Waals surface area (Å²) >= 11 is 24.2. The number of carbonyl (C=O) groups is 2. The van der Waals surface area contributed by atoms with Gasteiger partial charge in [-0.3, -0.25) is 54.3 Å². The van der Waals surface area contributed by atoms with Crippen LogP contribution in [0.15, 0.2) is 154 Å². The zero-order valence-corrected chi connectivity index (χ0v) is 72.8. The summed E-state index contributed by atoms with van der Waals surface area (Å²) in [6.07, 6.45) is 24.7. The van der Waals surface area contributed by atoms with Gasteiger partial charge in [0.1, 0.15) is 0 Å². The largest absolute Gasteiger partial charge is 0.462 e. The molecule has 6 N–H and O–H groups in total. The molecular formula is C71H86Br6ClN13O9S3. The second-order valence-corrected chi connectivity index (χ2v) is 27.9. The number of alkyl halides is 1. The van der Waals surface area contributed by atoms with Gasteiger partial charge in [-0.25, -0.2) is 19.6 Å². The van der Waals surface area contributed by atoms with Crippen molar-refractivity contribution in [3.8, 4) is 0 Å². The van der Waals surface area contributed by atoms with Gasteiger partial charge in [0.05, 0.1) is 39.9 Å². The van der Waals surface area contributed by atoms with E-state index in [0.717, 1.165) is 100 Å². The van der Waals surface area contributed by atoms with Gasteiger partial charge in [0.2, 0.25) is 0 Å². The number of H-pyrrole nitrogens is 4. The normalized spacial score (nSPS) is 9.70. The summed E-state index contributed by atoms with van der Waals surface area (Å²) in [5.74, 6) is 0.947. The first kappa shape index (κ1) is 96.6. The van der Waals surface area contributed by atoms with Crippen LogP contribution < -0.4 is 16.7 Å². The molecule has 0 radical (unpaired) electrons. The van der Waals surface area contributed by atoms with Crippen LogP contribution in [0.4, 0.5) is 0 Å². The van der Waals surface area contributed by atoms with Gasteiger partial charge in [-0.2, -0.15) is 0 Å². The van der Waals surface area contributed by atoms with Crippen molar-refractivity contribution in [1.29, 1.82) is 0 Å². The maximum Gasteiger partial charge on any atom is 0.340 e. The van der Waals surface area contributed by atoms with Crippen molar-refractivity contribution in [3.05, 3.63) is 271 Å². The molecule has 103 heavy (non-hydrogen) atoms. The van der Waals surface area contributed by atoms with Crippen LogP contribution in [0.5, 0.6) is 0 Å². The summed E-state index contributed by atoms with van der Waals surface area (Å²) in [5, 5.41) is 18.1. The highest BCUT2D eigenvalue weighted by atomic mass is 79.9. The maximum absolute atomic E-state index is 11.4. The first-order valence-electron chi connectivity index (χ1n) is 30.7. The fourth-order valence-electron chi connectivity index (χ4n) is 8.36. The summed E-state index contributed by atoms with van der Waals surface area (Å²) in [4.78, 5) is 103. The minimum absolute atomic E-state index is 0. The summed E-state index contributed by atoms with van der Waals surface area (Å²) < 4.78 is 13.4. The Labute approximate surface area is 673 Å². The van der Waals surface area contributed by atoms with E-state index in [9.17, 15) is 24.0 Å². The molecular weight excluding hydrogens is 1790 g/mol. The van der Waals surface area contributed by atoms with Crippen molar-refractivity contribution in [2.45, 2.75) is 138 Å². The van der Waals surface area contributed by atoms with Gasteiger partial charge in [-0.05, 0) is 264 Å². The zero-order valence-electron chi connectivity index (χ0n) is 59.8. The van der Waals surface area contributed by atoms with Crippen LogP contribution in [-0.4, -0.2) is 107 Å². The fourth-order valence-corrected chi connectivity index (χ4v) is 14.0. The van der Waals surface area contributed by atoms with Gasteiger partial charge in [0, 0.05) is 155 Å². The molecule has 0 fully saturated rings. The molecule has 0 bridgehead atoms. The van der Waals surface area contributed by atoms with Crippen LogP contribution in [0.3, 0.4) is 0 Å². The lowest BCUT2D eigenvalue weighted by Gasteiger charge is -2.08. The Morgan fingerprint density at radius 2 is 0.757 bits per heavy atom. The Morgan fingerprint density at radius 1 is 0.447 bits per heavy atom. The molecule has 0 spiro atoms. The molecule has 10 rings (SSSR count). The predicted molar refractivity (Wildman–Crippen MR) is 439 cm³/mol. The second-order valence-electron chi connectivity index (χ2n) is 21.4. The third-order valence-electron chi connectivity index (χ3n) is 13.4. The van der Waals surface area contributed by atoms with Crippen molar-refractivity contribution in [2.24, 2.45) is 0 Å². The number of nitrogens with zero attached hydrogens (tertiary/aromatic N) is 9. The molecule has 0 amide bonds. The second kappa shape index (κ2) is 52.6. The molecule has 0 unspecified atom stereocenters. The SMILES string of the molecule is Br.Brc1cncc(Br)c1.CCOC(=O)c1c(Br)cncc1Br.CCOC(=O)c1c(C)cncc1C.CO.Cc1cc(=O)[nH]c(=S)[nH]1.Cc1cc(=O)[nH]c(SCc2c(C)cncc2C)n1.Cc1cc(=O)[nH]c(SCc2c(C)cncc2C)n1.Cc1cncc(C)c1CBr.Cc1cncc(C)c1CO.Cl. The highest BCUT2D eigenvalue weighted by Gasteiger charge is 2.16. The van der Waals surface area contributed by atoms with E-state index < -0.39 is 0 Å². The number of ether oxygens (including phenoxy) is 2. The highest BCUT2D eigenvalue weighted by molar-refractivity contribution is 9.11. The number of pyridine rings is 7. The van der Waals surface area contributed by atoms with Crippen molar-refractivity contribution in [3.63, 3.8) is 0 Å². The molecule has 10 aromatic rings. The molecule has 556 valence electrons. The van der Waals surface area contributed by atoms with Crippen LogP contribution in [0.2, 0.25) is 0 Å². The minimum atomic E-state index is -0.358. The predicted octanol–water partition coefficient (Wildman–Crippen LogP) is 17.2. The van der Waals surface area contributed by atoms with Crippen LogP contribution in [0.1, 0.15) is 130 Å². The fraction of sp³-hybridized carbons (Fsp3) is 0.310. The quantitative estimate of drug-likeness (QED) is 0.0218. The Morgan fingerprint density at radius 3 is 1.04 bits per heavy atom. The van der Waals surface area contributed by atoms with E-state index in [-0.39, 0.29) is 64.6 Å².